The molecule has 1 saturated heterocycles. The molecular weight excluding hydrogens is 398 g/mol. The fourth-order valence-electron chi connectivity index (χ4n) is 6.28. The number of esters is 1. The lowest BCUT2D eigenvalue weighted by Gasteiger charge is -2.62. The van der Waals surface area contributed by atoms with Crippen LogP contribution in [0.4, 0.5) is 0 Å². The number of ether oxygens (including phenoxy) is 3. The Balaban J connectivity index is 1.48. The smallest absolute Gasteiger partial charge is 0.309 e. The van der Waals surface area contributed by atoms with E-state index in [0.29, 0.717) is 30.8 Å². The quantitative estimate of drug-likeness (QED) is 0.734. The van der Waals surface area contributed by atoms with E-state index in [0.717, 1.165) is 24.1 Å². The lowest BCUT2D eigenvalue weighted by Crippen LogP contribution is -2.76. The van der Waals surface area contributed by atoms with Gasteiger partial charge in [-0.1, -0.05) is 6.07 Å². The highest BCUT2D eigenvalue weighted by atomic mass is 16.6. The van der Waals surface area contributed by atoms with Crippen molar-refractivity contribution in [2.45, 2.75) is 81.6 Å². The Kier molecular flexibility index (Phi) is 4.48. The molecule has 4 aliphatic rings. The Morgan fingerprint density at radius 3 is 2.84 bits per heavy atom. The predicted octanol–water partition coefficient (Wildman–Crippen LogP) is 2.15. The van der Waals surface area contributed by atoms with Gasteiger partial charge in [-0.15, -0.1) is 0 Å². The van der Waals surface area contributed by atoms with Crippen LogP contribution < -0.4 is 9.47 Å². The average Bonchev–Trinajstić information content (AvgIpc) is 3.03. The molecule has 0 aromatic heterocycles. The van der Waals surface area contributed by atoms with Crippen LogP contribution in [0.25, 0.3) is 0 Å². The number of rotatable bonds is 4. The van der Waals surface area contributed by atoms with E-state index in [4.69, 9.17) is 14.2 Å². The van der Waals surface area contributed by atoms with Gasteiger partial charge >= 0.3 is 5.97 Å². The van der Waals surface area contributed by atoms with Crippen LogP contribution in [0.15, 0.2) is 12.1 Å². The number of carbonyl (C=O) groups is 2. The lowest BCUT2D eigenvalue weighted by atomic mass is 9.49. The fraction of sp³-hybridized carbons (Fsp3) is 0.667. The Morgan fingerprint density at radius 2 is 2.10 bits per heavy atom. The minimum absolute atomic E-state index is 0.0298. The number of likely N-dealkylation sites (N-methyl/N-ethyl adjacent to an activating group) is 1. The fourth-order valence-corrected chi connectivity index (χ4v) is 6.28. The van der Waals surface area contributed by atoms with Crippen molar-refractivity contribution in [2.75, 3.05) is 20.2 Å². The number of carbonyl (C=O) groups excluding carboxylic acids is 2. The number of piperidine rings is 1. The molecular formula is C24H31NO6. The van der Waals surface area contributed by atoms with E-state index < -0.39 is 22.7 Å². The summed E-state index contributed by atoms with van der Waals surface area (Å²) in [6.45, 7) is 6.46. The zero-order valence-electron chi connectivity index (χ0n) is 18.7. The zero-order valence-corrected chi connectivity index (χ0v) is 18.7. The number of ketones is 1. The highest BCUT2D eigenvalue weighted by Crippen LogP contribution is 2.64. The van der Waals surface area contributed by atoms with Gasteiger partial charge in [0.25, 0.3) is 0 Å². The molecule has 1 N–H and O–H groups in total. The molecule has 0 amide bonds. The Bertz CT molecular complexity index is 952. The van der Waals surface area contributed by atoms with Crippen LogP contribution in [0.1, 0.15) is 57.6 Å². The number of nitrogens with zero attached hydrogens (tertiary/aromatic N) is 1. The molecule has 2 heterocycles. The van der Waals surface area contributed by atoms with Crippen molar-refractivity contribution >= 4 is 11.8 Å². The Labute approximate surface area is 182 Å². The van der Waals surface area contributed by atoms with Crippen LogP contribution in [0.2, 0.25) is 0 Å². The molecule has 1 saturated carbocycles. The number of benzene rings is 1. The summed E-state index contributed by atoms with van der Waals surface area (Å²) in [7, 11) is 2.05. The van der Waals surface area contributed by atoms with E-state index in [1.165, 1.54) is 0 Å². The van der Waals surface area contributed by atoms with Crippen molar-refractivity contribution < 1.29 is 28.9 Å². The van der Waals surface area contributed by atoms with Gasteiger partial charge in [0, 0.05) is 18.0 Å². The van der Waals surface area contributed by atoms with E-state index in [1.54, 1.807) is 0 Å². The maximum Gasteiger partial charge on any atom is 0.309 e. The normalized spacial score (nSPS) is 33.5. The second-order valence-corrected chi connectivity index (χ2v) is 10.4. The van der Waals surface area contributed by atoms with Crippen LogP contribution >= 0.6 is 0 Å². The maximum absolute atomic E-state index is 12.9. The first-order chi connectivity index (χ1) is 14.6. The summed E-state index contributed by atoms with van der Waals surface area (Å²) in [6.07, 6.45) is 1.63. The number of Topliss-reactive ketones (excluding diaryl/α,β-unsaturated/α-hetero) is 1. The number of aliphatic hydroxyl groups is 1. The Morgan fingerprint density at radius 1 is 1.32 bits per heavy atom. The van der Waals surface area contributed by atoms with Gasteiger partial charge in [-0.3, -0.25) is 9.59 Å². The second-order valence-electron chi connectivity index (χ2n) is 10.4. The summed E-state index contributed by atoms with van der Waals surface area (Å²) in [4.78, 5) is 27.2. The monoisotopic (exact) mass is 429 g/mol. The molecule has 2 bridgehead atoms. The molecule has 1 aromatic carbocycles. The minimum Gasteiger partial charge on any atom is -0.489 e. The van der Waals surface area contributed by atoms with E-state index in [2.05, 4.69) is 11.9 Å². The van der Waals surface area contributed by atoms with Crippen LogP contribution in [0.3, 0.4) is 0 Å². The third-order valence-electron chi connectivity index (χ3n) is 7.49. The Hall–Kier alpha value is -2.12. The zero-order chi connectivity index (χ0) is 22.2. The summed E-state index contributed by atoms with van der Waals surface area (Å²) in [5, 5.41) is 12.0. The molecule has 5 rings (SSSR count). The van der Waals surface area contributed by atoms with Gasteiger partial charge in [0.05, 0.1) is 24.0 Å². The number of hydrogen-bond donors (Lipinski definition) is 1. The lowest BCUT2D eigenvalue weighted by molar-refractivity contribution is -0.185. The van der Waals surface area contributed by atoms with Gasteiger partial charge in [-0.2, -0.15) is 0 Å². The SMILES string of the molecule is CN1CC[C@@]23c4c5ccc(OCCC(=O)OC(C)(C)C)c4O[C@@H]2C(=O)CC[C@]3(O)[C@@H]1C5. The molecule has 31 heavy (non-hydrogen) atoms. The van der Waals surface area contributed by atoms with Crippen molar-refractivity contribution in [2.24, 2.45) is 0 Å². The second kappa shape index (κ2) is 6.69. The molecule has 168 valence electrons. The van der Waals surface area contributed by atoms with E-state index in [-0.39, 0.29) is 30.8 Å². The molecule has 0 radical (unpaired) electrons. The van der Waals surface area contributed by atoms with Crippen molar-refractivity contribution in [3.05, 3.63) is 23.3 Å². The van der Waals surface area contributed by atoms with Crippen molar-refractivity contribution in [1.82, 2.24) is 4.90 Å². The van der Waals surface area contributed by atoms with Gasteiger partial charge in [-0.25, -0.2) is 0 Å². The van der Waals surface area contributed by atoms with Gasteiger partial charge in [0.2, 0.25) is 0 Å². The first kappa shape index (κ1) is 20.8. The molecule has 4 atom stereocenters. The number of hydrogen-bond acceptors (Lipinski definition) is 7. The predicted molar refractivity (Wildman–Crippen MR) is 112 cm³/mol. The number of likely N-dealkylation sites (tertiary alicyclic amines) is 1. The summed E-state index contributed by atoms with van der Waals surface area (Å²) in [5.74, 6) is 0.830. The van der Waals surface area contributed by atoms with Crippen LogP contribution in [0, 0.1) is 0 Å². The van der Waals surface area contributed by atoms with Gasteiger partial charge < -0.3 is 24.2 Å². The van der Waals surface area contributed by atoms with Gasteiger partial charge in [0.15, 0.2) is 23.4 Å². The third-order valence-corrected chi connectivity index (χ3v) is 7.49. The molecule has 1 spiro atoms. The molecule has 0 unspecified atom stereocenters. The van der Waals surface area contributed by atoms with E-state index in [9.17, 15) is 14.7 Å². The molecule has 7 heteroatoms. The standard InChI is InChI=1S/C24H31NO6/c1-22(2,3)31-18(27)8-12-29-16-6-5-14-13-17-24(28)9-7-15(26)21-23(24,10-11-25(17)4)19(14)20(16)30-21/h5-6,17,21,28H,7-13H2,1-4H3/t17-,21+,23+,24-/m0/s1. The molecule has 2 aliphatic heterocycles. The van der Waals surface area contributed by atoms with E-state index >= 15 is 0 Å². The third kappa shape index (κ3) is 2.85. The highest BCUT2D eigenvalue weighted by molar-refractivity contribution is 5.90. The topological polar surface area (TPSA) is 85.3 Å². The summed E-state index contributed by atoms with van der Waals surface area (Å²) >= 11 is 0. The van der Waals surface area contributed by atoms with Crippen LogP contribution in [-0.2, 0) is 26.2 Å². The minimum atomic E-state index is -0.994. The summed E-state index contributed by atoms with van der Waals surface area (Å²) < 4.78 is 17.6. The van der Waals surface area contributed by atoms with Crippen molar-refractivity contribution in [1.29, 1.82) is 0 Å². The van der Waals surface area contributed by atoms with E-state index in [1.807, 2.05) is 32.9 Å². The molecule has 7 nitrogen and oxygen atoms in total. The van der Waals surface area contributed by atoms with Gasteiger partial charge in [-0.05, 0) is 65.3 Å². The van der Waals surface area contributed by atoms with Crippen molar-refractivity contribution in [3.8, 4) is 11.5 Å². The largest absolute Gasteiger partial charge is 0.489 e. The summed E-state index contributed by atoms with van der Waals surface area (Å²) in [6, 6.07) is 3.86. The molecule has 1 aromatic rings. The highest BCUT2D eigenvalue weighted by Gasteiger charge is 2.72. The van der Waals surface area contributed by atoms with Crippen LogP contribution in [-0.4, -0.2) is 65.3 Å². The van der Waals surface area contributed by atoms with Crippen LogP contribution in [0.5, 0.6) is 11.5 Å². The molecule has 2 fully saturated rings. The maximum atomic E-state index is 12.9. The summed E-state index contributed by atoms with van der Waals surface area (Å²) in [5.41, 5.74) is -0.177. The van der Waals surface area contributed by atoms with Gasteiger partial charge in [0.1, 0.15) is 5.60 Å². The average molecular weight is 430 g/mol. The first-order valence-corrected chi connectivity index (χ1v) is 11.2. The van der Waals surface area contributed by atoms with Crippen molar-refractivity contribution in [3.63, 3.8) is 0 Å². The first-order valence-electron chi connectivity index (χ1n) is 11.2. The molecule has 2 aliphatic carbocycles.